The molecule has 0 atom stereocenters. The largest absolute Gasteiger partial charge is 0.296 e. The molecule has 1 heterocycles. The lowest BCUT2D eigenvalue weighted by Crippen LogP contribution is -2.45. The molecule has 0 fully saturated rings. The molecule has 0 radical (unpaired) electrons. The van der Waals surface area contributed by atoms with Gasteiger partial charge in [0.2, 0.25) is 0 Å². The Morgan fingerprint density at radius 3 is 2.42 bits per heavy atom. The summed E-state index contributed by atoms with van der Waals surface area (Å²) in [4.78, 5) is 24.9. The third kappa shape index (κ3) is 3.86. The fraction of sp³-hybridized carbons (Fsp3) is 0.0588. The van der Waals surface area contributed by atoms with E-state index in [4.69, 9.17) is 29.0 Å². The number of carbonyl (C=O) groups excluding carboxylic acids is 2. The highest BCUT2D eigenvalue weighted by atomic mass is 79.9. The van der Waals surface area contributed by atoms with Gasteiger partial charge in [-0.3, -0.25) is 9.59 Å². The van der Waals surface area contributed by atoms with Crippen molar-refractivity contribution in [2.45, 2.75) is 6.42 Å². The number of ketones is 1. The van der Waals surface area contributed by atoms with Crippen molar-refractivity contribution in [3.8, 4) is 0 Å². The number of halogens is 3. The van der Waals surface area contributed by atoms with Crippen molar-refractivity contribution in [1.29, 1.82) is 0 Å². The fourth-order valence-corrected chi connectivity index (χ4v) is 3.09. The maximum Gasteiger partial charge on any atom is 0.296 e. The molecule has 0 saturated carbocycles. The van der Waals surface area contributed by atoms with E-state index in [2.05, 4.69) is 26.1 Å². The zero-order valence-corrected chi connectivity index (χ0v) is 16.2. The van der Waals surface area contributed by atoms with Gasteiger partial charge in [-0.15, -0.1) is 5.10 Å². The molecule has 1 aliphatic rings. The lowest BCUT2D eigenvalue weighted by molar-refractivity contribution is -0.116. The first-order valence-corrected chi connectivity index (χ1v) is 8.89. The highest BCUT2D eigenvalue weighted by Crippen LogP contribution is 2.24. The second-order valence-corrected chi connectivity index (χ2v) is 7.13. The van der Waals surface area contributed by atoms with Crippen LogP contribution in [0.5, 0.6) is 0 Å². The summed E-state index contributed by atoms with van der Waals surface area (Å²) >= 11 is 15.3. The zero-order valence-electron chi connectivity index (χ0n) is 13.1. The molecule has 0 aliphatic carbocycles. The van der Waals surface area contributed by atoms with E-state index in [1.807, 2.05) is 0 Å². The summed E-state index contributed by atoms with van der Waals surface area (Å²) in [5.41, 5.74) is 0.992. The fourth-order valence-electron chi connectivity index (χ4n) is 2.30. The summed E-state index contributed by atoms with van der Waals surface area (Å²) in [6, 6.07) is 11.6. The van der Waals surface area contributed by atoms with E-state index >= 15 is 0 Å². The number of hydrazine groups is 1. The molecule has 2 aromatic carbocycles. The molecule has 0 unspecified atom stereocenters. The number of nitrogens with two attached hydrogens (primary N) is 1. The van der Waals surface area contributed by atoms with Crippen LogP contribution in [0.4, 0.5) is 5.69 Å². The molecular formula is C17H11BrCl2N4O2. The Labute approximate surface area is 167 Å². The van der Waals surface area contributed by atoms with Crippen LogP contribution in [0.25, 0.3) is 0 Å². The zero-order chi connectivity index (χ0) is 18.8. The van der Waals surface area contributed by atoms with Crippen molar-refractivity contribution in [2.24, 2.45) is 16.0 Å². The third-order valence-electron chi connectivity index (χ3n) is 3.63. The van der Waals surface area contributed by atoms with Crippen LogP contribution in [0, 0.1) is 0 Å². The van der Waals surface area contributed by atoms with E-state index in [-0.39, 0.29) is 12.1 Å². The molecule has 1 amide bonds. The Kier molecular flexibility index (Phi) is 5.52. The van der Waals surface area contributed by atoms with Gasteiger partial charge in [0.05, 0.1) is 22.8 Å². The summed E-state index contributed by atoms with van der Waals surface area (Å²) < 4.78 is 0.835. The topological polar surface area (TPSA) is 88.1 Å². The van der Waals surface area contributed by atoms with Crippen LogP contribution in [0.3, 0.4) is 0 Å². The van der Waals surface area contributed by atoms with Gasteiger partial charge < -0.3 is 0 Å². The first-order valence-electron chi connectivity index (χ1n) is 7.34. The molecule has 0 saturated heterocycles. The predicted molar refractivity (Wildman–Crippen MR) is 106 cm³/mol. The van der Waals surface area contributed by atoms with Crippen LogP contribution in [-0.2, 0) is 9.59 Å². The van der Waals surface area contributed by atoms with Crippen molar-refractivity contribution >= 4 is 67.9 Å². The van der Waals surface area contributed by atoms with Crippen LogP contribution < -0.4 is 10.9 Å². The van der Waals surface area contributed by atoms with Crippen molar-refractivity contribution in [3.63, 3.8) is 0 Å². The summed E-state index contributed by atoms with van der Waals surface area (Å²) in [6.45, 7) is 0. The van der Waals surface area contributed by atoms with Gasteiger partial charge in [-0.1, -0.05) is 45.2 Å². The third-order valence-corrected chi connectivity index (χ3v) is 4.71. The van der Waals surface area contributed by atoms with Crippen LogP contribution in [0.15, 0.2) is 57.1 Å². The first kappa shape index (κ1) is 18.7. The van der Waals surface area contributed by atoms with E-state index in [1.165, 1.54) is 0 Å². The molecular weight excluding hydrogens is 443 g/mol. The number of Topliss-reactive ketones (excluding diaryl/α,β-unsaturated/α-hetero) is 1. The van der Waals surface area contributed by atoms with E-state index in [0.29, 0.717) is 27.0 Å². The highest BCUT2D eigenvalue weighted by molar-refractivity contribution is 9.10. The van der Waals surface area contributed by atoms with Gasteiger partial charge in [0.15, 0.2) is 11.5 Å². The second kappa shape index (κ2) is 7.67. The molecule has 132 valence electrons. The molecule has 0 aromatic heterocycles. The van der Waals surface area contributed by atoms with Gasteiger partial charge >= 0.3 is 0 Å². The average Bonchev–Trinajstić information content (AvgIpc) is 2.61. The molecule has 9 heteroatoms. The number of anilines is 1. The molecule has 6 nitrogen and oxygen atoms in total. The van der Waals surface area contributed by atoms with E-state index < -0.39 is 11.7 Å². The molecule has 0 bridgehead atoms. The van der Waals surface area contributed by atoms with Crippen LogP contribution >= 0.6 is 39.1 Å². The van der Waals surface area contributed by atoms with Crippen molar-refractivity contribution in [3.05, 3.63) is 62.5 Å². The van der Waals surface area contributed by atoms with Gasteiger partial charge in [-0.25, -0.2) is 10.9 Å². The minimum absolute atomic E-state index is 0.111. The summed E-state index contributed by atoms with van der Waals surface area (Å²) in [5, 5.41) is 9.44. The Morgan fingerprint density at radius 1 is 1.12 bits per heavy atom. The van der Waals surface area contributed by atoms with E-state index in [0.717, 1.165) is 9.48 Å². The summed E-state index contributed by atoms with van der Waals surface area (Å²) in [7, 11) is 0. The standard InChI is InChI=1S/C17H11BrCl2N4O2/c18-9-1-4-11(5-2-9)24(21)17(26)16-15(25)8-14(22-23-16)12-6-3-10(19)7-13(12)20/h1-7H,8,21H2. The Bertz CT molecular complexity index is 958. The van der Waals surface area contributed by atoms with Crippen molar-refractivity contribution < 1.29 is 9.59 Å². The highest BCUT2D eigenvalue weighted by Gasteiger charge is 2.30. The van der Waals surface area contributed by atoms with Crippen LogP contribution in [-0.4, -0.2) is 23.1 Å². The van der Waals surface area contributed by atoms with Crippen LogP contribution in [0.1, 0.15) is 12.0 Å². The molecule has 0 spiro atoms. The average molecular weight is 454 g/mol. The normalized spacial score (nSPS) is 13.9. The smallest absolute Gasteiger partial charge is 0.292 e. The summed E-state index contributed by atoms with van der Waals surface area (Å²) in [5.74, 6) is 4.60. The van der Waals surface area contributed by atoms with Gasteiger partial charge in [0.25, 0.3) is 5.91 Å². The monoisotopic (exact) mass is 452 g/mol. The number of rotatable bonds is 3. The first-order chi connectivity index (χ1) is 12.4. The lowest BCUT2D eigenvalue weighted by Gasteiger charge is -2.18. The molecule has 2 aromatic rings. The quantitative estimate of drug-likeness (QED) is 0.435. The number of hydrogen-bond acceptors (Lipinski definition) is 5. The number of nitrogens with zero attached hydrogens (tertiary/aromatic N) is 3. The minimum Gasteiger partial charge on any atom is -0.292 e. The number of amides is 1. The Hall–Kier alpha value is -2.06. The van der Waals surface area contributed by atoms with E-state index in [1.54, 1.807) is 42.5 Å². The van der Waals surface area contributed by atoms with Gasteiger partial charge in [-0.2, -0.15) is 5.10 Å². The maximum absolute atomic E-state index is 12.5. The predicted octanol–water partition coefficient (Wildman–Crippen LogP) is 3.78. The minimum atomic E-state index is -0.734. The van der Waals surface area contributed by atoms with Gasteiger partial charge in [0, 0.05) is 15.1 Å². The van der Waals surface area contributed by atoms with Crippen molar-refractivity contribution in [1.82, 2.24) is 0 Å². The Balaban J connectivity index is 1.87. The maximum atomic E-state index is 12.5. The molecule has 2 N–H and O–H groups in total. The van der Waals surface area contributed by atoms with Crippen molar-refractivity contribution in [2.75, 3.05) is 5.01 Å². The number of benzene rings is 2. The SMILES string of the molecule is NN(C(=O)C1=NN=C(c2ccc(Cl)cc2Cl)CC1=O)c1ccc(Br)cc1. The van der Waals surface area contributed by atoms with Crippen LogP contribution in [0.2, 0.25) is 10.0 Å². The van der Waals surface area contributed by atoms with Gasteiger partial charge in [-0.05, 0) is 36.4 Å². The molecule has 1 aliphatic heterocycles. The molecule has 3 rings (SSSR count). The Morgan fingerprint density at radius 2 is 1.81 bits per heavy atom. The summed E-state index contributed by atoms with van der Waals surface area (Å²) in [6.07, 6.45) is -0.111. The number of carbonyl (C=O) groups is 2. The van der Waals surface area contributed by atoms with E-state index in [9.17, 15) is 9.59 Å². The molecule has 26 heavy (non-hydrogen) atoms. The number of hydrogen-bond donors (Lipinski definition) is 1. The second-order valence-electron chi connectivity index (χ2n) is 5.37. The van der Waals surface area contributed by atoms with Gasteiger partial charge in [0.1, 0.15) is 0 Å². The lowest BCUT2D eigenvalue weighted by atomic mass is 10.0.